The van der Waals surface area contributed by atoms with Crippen LogP contribution in [0.5, 0.6) is 0 Å². The molecule has 0 unspecified atom stereocenters. The fraction of sp³-hybridized carbons (Fsp3) is 0.100. The number of hydrogen-bond acceptors (Lipinski definition) is 3. The summed E-state index contributed by atoms with van der Waals surface area (Å²) in [6, 6.07) is 6.22. The lowest BCUT2D eigenvalue weighted by atomic mass is 10.3. The smallest absolute Gasteiger partial charge is 0.277 e. The molecule has 0 amide bonds. The van der Waals surface area contributed by atoms with Crippen LogP contribution in [0, 0.1) is 0 Å². The Morgan fingerprint density at radius 2 is 2.11 bits per heavy atom. The summed E-state index contributed by atoms with van der Waals surface area (Å²) in [6.45, 7) is 0. The molecule has 0 saturated carbocycles. The van der Waals surface area contributed by atoms with Gasteiger partial charge in [-0.05, 0) is 40.2 Å². The van der Waals surface area contributed by atoms with E-state index in [-0.39, 0.29) is 5.03 Å². The number of halogens is 2. The van der Waals surface area contributed by atoms with Crippen LogP contribution in [-0.2, 0) is 17.1 Å². The Hall–Kier alpha value is -1.05. The van der Waals surface area contributed by atoms with Gasteiger partial charge in [0.05, 0.1) is 11.9 Å². The van der Waals surface area contributed by atoms with Crippen LogP contribution in [0.15, 0.2) is 40.0 Å². The summed E-state index contributed by atoms with van der Waals surface area (Å²) in [7, 11) is -2.10. The summed E-state index contributed by atoms with van der Waals surface area (Å²) < 4.78 is 28.5. The number of aryl methyl sites for hydroxylation is 1. The van der Waals surface area contributed by atoms with E-state index in [1.165, 1.54) is 16.9 Å². The molecule has 1 aromatic heterocycles. The van der Waals surface area contributed by atoms with E-state index in [9.17, 15) is 8.42 Å². The lowest BCUT2D eigenvalue weighted by Crippen LogP contribution is -2.16. The first-order valence-corrected chi connectivity index (χ1v) is 7.51. The van der Waals surface area contributed by atoms with Gasteiger partial charge in [0.25, 0.3) is 10.0 Å². The SMILES string of the molecule is Cn1nccc1S(=O)(=O)Nc1ccc(Cl)cc1Br. The Labute approximate surface area is 118 Å². The van der Waals surface area contributed by atoms with E-state index in [1.807, 2.05) is 0 Å². The van der Waals surface area contributed by atoms with Crippen molar-refractivity contribution in [1.29, 1.82) is 0 Å². The molecular weight excluding hydrogens is 342 g/mol. The molecule has 8 heteroatoms. The van der Waals surface area contributed by atoms with Crippen LogP contribution >= 0.6 is 27.5 Å². The fourth-order valence-corrected chi connectivity index (χ4v) is 3.51. The molecule has 0 saturated heterocycles. The molecule has 0 atom stereocenters. The molecule has 2 aromatic rings. The van der Waals surface area contributed by atoms with Crippen LogP contribution in [0.4, 0.5) is 5.69 Å². The van der Waals surface area contributed by atoms with Gasteiger partial charge >= 0.3 is 0 Å². The molecule has 0 aliphatic carbocycles. The second-order valence-corrected chi connectivity index (χ2v) is 6.44. The minimum Gasteiger partial charge on any atom is -0.277 e. The molecule has 0 bridgehead atoms. The summed E-state index contributed by atoms with van der Waals surface area (Å²) in [4.78, 5) is 0. The number of aromatic nitrogens is 2. The van der Waals surface area contributed by atoms with Crippen molar-refractivity contribution >= 4 is 43.2 Å². The first kappa shape index (κ1) is 13.4. The molecule has 1 N–H and O–H groups in total. The third-order valence-electron chi connectivity index (χ3n) is 2.23. The van der Waals surface area contributed by atoms with Crippen molar-refractivity contribution in [2.75, 3.05) is 4.72 Å². The minimum atomic E-state index is -3.66. The van der Waals surface area contributed by atoms with E-state index < -0.39 is 10.0 Å². The molecule has 0 radical (unpaired) electrons. The van der Waals surface area contributed by atoms with Gasteiger partial charge in [-0.2, -0.15) is 13.5 Å². The number of benzene rings is 1. The summed E-state index contributed by atoms with van der Waals surface area (Å²) in [5.74, 6) is 0. The predicted octanol–water partition coefficient (Wildman–Crippen LogP) is 2.64. The van der Waals surface area contributed by atoms with Crippen molar-refractivity contribution in [2.45, 2.75) is 5.03 Å². The van der Waals surface area contributed by atoms with Crippen LogP contribution in [0.25, 0.3) is 0 Å². The summed E-state index contributed by atoms with van der Waals surface area (Å²) in [5, 5.41) is 4.43. The van der Waals surface area contributed by atoms with Crippen molar-refractivity contribution in [3.8, 4) is 0 Å². The lowest BCUT2D eigenvalue weighted by molar-refractivity contribution is 0.582. The largest absolute Gasteiger partial charge is 0.279 e. The van der Waals surface area contributed by atoms with Gasteiger partial charge in [-0.1, -0.05) is 11.6 Å². The van der Waals surface area contributed by atoms with Crippen LogP contribution in [0.3, 0.4) is 0 Å². The Balaban J connectivity index is 2.37. The molecule has 0 aliphatic heterocycles. The highest BCUT2D eigenvalue weighted by Gasteiger charge is 2.19. The molecule has 2 rings (SSSR count). The van der Waals surface area contributed by atoms with E-state index in [0.717, 1.165) is 0 Å². The standard InChI is InChI=1S/C10H9BrClN3O2S/c1-15-10(4-5-13-15)18(16,17)14-9-3-2-7(12)6-8(9)11/h2-6,14H,1H3. The highest BCUT2D eigenvalue weighted by atomic mass is 79.9. The first-order valence-electron chi connectivity index (χ1n) is 4.86. The quantitative estimate of drug-likeness (QED) is 0.925. The van der Waals surface area contributed by atoms with Crippen molar-refractivity contribution in [3.05, 3.63) is 40.0 Å². The topological polar surface area (TPSA) is 64.0 Å². The molecule has 0 fully saturated rings. The van der Waals surface area contributed by atoms with Gasteiger partial charge in [-0.25, -0.2) is 0 Å². The molecule has 18 heavy (non-hydrogen) atoms. The molecule has 0 spiro atoms. The van der Waals surface area contributed by atoms with Crippen LogP contribution in [0.1, 0.15) is 0 Å². The Morgan fingerprint density at radius 3 is 2.67 bits per heavy atom. The van der Waals surface area contributed by atoms with Gasteiger partial charge in [-0.3, -0.25) is 9.40 Å². The third-order valence-corrected chi connectivity index (χ3v) is 4.56. The zero-order valence-electron chi connectivity index (χ0n) is 9.26. The second-order valence-electron chi connectivity index (χ2n) is 3.52. The van der Waals surface area contributed by atoms with Gasteiger partial charge in [-0.15, -0.1) is 0 Å². The third kappa shape index (κ3) is 2.68. The molecule has 1 aromatic carbocycles. The number of rotatable bonds is 3. The Kier molecular flexibility index (Phi) is 3.65. The number of sulfonamides is 1. The van der Waals surface area contributed by atoms with E-state index in [2.05, 4.69) is 25.8 Å². The first-order chi connectivity index (χ1) is 8.40. The van der Waals surface area contributed by atoms with Crippen LogP contribution in [0.2, 0.25) is 5.02 Å². The number of nitrogens with one attached hydrogen (secondary N) is 1. The van der Waals surface area contributed by atoms with Gasteiger partial charge in [0, 0.05) is 16.5 Å². The van der Waals surface area contributed by atoms with E-state index >= 15 is 0 Å². The summed E-state index contributed by atoms with van der Waals surface area (Å²) >= 11 is 9.04. The van der Waals surface area contributed by atoms with Gasteiger partial charge < -0.3 is 0 Å². The highest BCUT2D eigenvalue weighted by molar-refractivity contribution is 9.10. The van der Waals surface area contributed by atoms with Crippen molar-refractivity contribution in [3.63, 3.8) is 0 Å². The van der Waals surface area contributed by atoms with E-state index in [0.29, 0.717) is 15.2 Å². The zero-order chi connectivity index (χ0) is 13.3. The van der Waals surface area contributed by atoms with Gasteiger partial charge in [0.2, 0.25) is 0 Å². The minimum absolute atomic E-state index is 0.0874. The van der Waals surface area contributed by atoms with Gasteiger partial charge in [0.1, 0.15) is 0 Å². The maximum Gasteiger partial charge on any atom is 0.279 e. The zero-order valence-corrected chi connectivity index (χ0v) is 12.4. The molecular formula is C10H9BrClN3O2S. The summed E-state index contributed by atoms with van der Waals surface area (Å²) in [5.41, 5.74) is 0.417. The molecule has 0 aliphatic rings. The lowest BCUT2D eigenvalue weighted by Gasteiger charge is -2.09. The average molecular weight is 351 g/mol. The van der Waals surface area contributed by atoms with E-state index in [1.54, 1.807) is 25.2 Å². The predicted molar refractivity (Wildman–Crippen MR) is 73.2 cm³/mol. The number of nitrogens with zero attached hydrogens (tertiary/aromatic N) is 2. The molecule has 1 heterocycles. The molecule has 5 nitrogen and oxygen atoms in total. The molecule has 96 valence electrons. The van der Waals surface area contributed by atoms with Crippen molar-refractivity contribution in [1.82, 2.24) is 9.78 Å². The Bertz CT molecular complexity index is 684. The van der Waals surface area contributed by atoms with Gasteiger partial charge in [0.15, 0.2) is 5.03 Å². The van der Waals surface area contributed by atoms with E-state index in [4.69, 9.17) is 11.6 Å². The highest BCUT2D eigenvalue weighted by Crippen LogP contribution is 2.27. The maximum absolute atomic E-state index is 12.1. The Morgan fingerprint density at radius 1 is 1.39 bits per heavy atom. The number of anilines is 1. The van der Waals surface area contributed by atoms with Crippen molar-refractivity contribution < 1.29 is 8.42 Å². The van der Waals surface area contributed by atoms with Crippen LogP contribution in [-0.4, -0.2) is 18.2 Å². The fourth-order valence-electron chi connectivity index (χ4n) is 1.39. The van der Waals surface area contributed by atoms with Crippen LogP contribution < -0.4 is 4.72 Å². The normalized spacial score (nSPS) is 11.5. The number of hydrogen-bond donors (Lipinski definition) is 1. The van der Waals surface area contributed by atoms with Crippen molar-refractivity contribution in [2.24, 2.45) is 7.05 Å². The average Bonchev–Trinajstić information content (AvgIpc) is 2.69. The summed E-state index contributed by atoms with van der Waals surface area (Å²) in [6.07, 6.45) is 1.42. The monoisotopic (exact) mass is 349 g/mol. The maximum atomic E-state index is 12.1. The second kappa shape index (κ2) is 4.91.